The largest absolute Gasteiger partial charge is 0.388 e. The first kappa shape index (κ1) is 11.2. The van der Waals surface area contributed by atoms with E-state index in [1.54, 1.807) is 0 Å². The molecule has 1 aliphatic carbocycles. The predicted octanol–water partition coefficient (Wildman–Crippen LogP) is 2.21. The van der Waals surface area contributed by atoms with E-state index in [-0.39, 0.29) is 6.10 Å². The first-order valence-electron chi connectivity index (χ1n) is 6.85. The average Bonchev–Trinajstić information content (AvgIpc) is 2.86. The molecule has 0 saturated carbocycles. The fourth-order valence-electron chi connectivity index (χ4n) is 3.20. The molecule has 2 atom stereocenters. The zero-order chi connectivity index (χ0) is 11.7. The average molecular weight is 231 g/mol. The smallest absolute Gasteiger partial charge is 0.0830 e. The van der Waals surface area contributed by atoms with Gasteiger partial charge in [0.15, 0.2) is 0 Å². The SMILES string of the molecule is OC(c1ccc2c(c1)CCC2)C1CCCNC1. The van der Waals surface area contributed by atoms with Crippen LogP contribution in [0.3, 0.4) is 0 Å². The number of hydrogen-bond acceptors (Lipinski definition) is 2. The monoisotopic (exact) mass is 231 g/mol. The summed E-state index contributed by atoms with van der Waals surface area (Å²) in [6.45, 7) is 2.06. The van der Waals surface area contributed by atoms with Crippen molar-refractivity contribution < 1.29 is 5.11 Å². The highest BCUT2D eigenvalue weighted by atomic mass is 16.3. The highest BCUT2D eigenvalue weighted by Gasteiger charge is 2.23. The van der Waals surface area contributed by atoms with Gasteiger partial charge in [0, 0.05) is 12.5 Å². The second-order valence-electron chi connectivity index (χ2n) is 5.43. The van der Waals surface area contributed by atoms with Crippen LogP contribution in [0.15, 0.2) is 18.2 Å². The van der Waals surface area contributed by atoms with E-state index in [0.29, 0.717) is 5.92 Å². The van der Waals surface area contributed by atoms with Gasteiger partial charge in [0.25, 0.3) is 0 Å². The quantitative estimate of drug-likeness (QED) is 0.818. The van der Waals surface area contributed by atoms with Crippen molar-refractivity contribution in [1.29, 1.82) is 0 Å². The zero-order valence-corrected chi connectivity index (χ0v) is 10.3. The summed E-state index contributed by atoms with van der Waals surface area (Å²) in [5, 5.41) is 13.8. The van der Waals surface area contributed by atoms with Crippen molar-refractivity contribution >= 4 is 0 Å². The summed E-state index contributed by atoms with van der Waals surface area (Å²) in [6.07, 6.45) is 5.74. The zero-order valence-electron chi connectivity index (χ0n) is 10.3. The Morgan fingerprint density at radius 1 is 1.18 bits per heavy atom. The van der Waals surface area contributed by atoms with Crippen molar-refractivity contribution in [3.05, 3.63) is 34.9 Å². The summed E-state index contributed by atoms with van der Waals surface area (Å²) in [5.74, 6) is 0.392. The molecule has 1 aromatic carbocycles. The van der Waals surface area contributed by atoms with E-state index >= 15 is 0 Å². The standard InChI is InChI=1S/C15H21NO/c17-15(14-5-2-8-16-10-14)13-7-6-11-3-1-4-12(11)9-13/h6-7,9,14-17H,1-5,8,10H2. The lowest BCUT2D eigenvalue weighted by molar-refractivity contribution is 0.0921. The molecular weight excluding hydrogens is 210 g/mol. The molecule has 1 heterocycles. The minimum Gasteiger partial charge on any atom is -0.388 e. The molecule has 2 aliphatic rings. The highest BCUT2D eigenvalue weighted by Crippen LogP contribution is 2.30. The molecule has 1 aromatic rings. The Bertz CT molecular complexity index is 396. The Kier molecular flexibility index (Phi) is 3.17. The molecule has 3 rings (SSSR count). The molecule has 1 fully saturated rings. The van der Waals surface area contributed by atoms with E-state index in [0.717, 1.165) is 25.1 Å². The molecule has 0 radical (unpaired) electrons. The lowest BCUT2D eigenvalue weighted by Gasteiger charge is -2.27. The number of rotatable bonds is 2. The van der Waals surface area contributed by atoms with Crippen LogP contribution in [0, 0.1) is 5.92 Å². The van der Waals surface area contributed by atoms with E-state index < -0.39 is 0 Å². The maximum absolute atomic E-state index is 10.4. The van der Waals surface area contributed by atoms with Gasteiger partial charge in [-0.1, -0.05) is 18.2 Å². The maximum atomic E-state index is 10.4. The summed E-state index contributed by atoms with van der Waals surface area (Å²) < 4.78 is 0. The number of fused-ring (bicyclic) bond motifs is 1. The van der Waals surface area contributed by atoms with Crippen LogP contribution in [0.2, 0.25) is 0 Å². The number of piperidine rings is 1. The summed E-state index contributed by atoms with van der Waals surface area (Å²) in [6, 6.07) is 6.59. The molecule has 0 aromatic heterocycles. The molecule has 1 aliphatic heterocycles. The van der Waals surface area contributed by atoms with Crippen LogP contribution < -0.4 is 5.32 Å². The minimum atomic E-state index is -0.284. The van der Waals surface area contributed by atoms with Crippen LogP contribution in [0.5, 0.6) is 0 Å². The van der Waals surface area contributed by atoms with Gasteiger partial charge in [-0.25, -0.2) is 0 Å². The van der Waals surface area contributed by atoms with Gasteiger partial charge in [-0.05, 0) is 55.3 Å². The topological polar surface area (TPSA) is 32.3 Å². The van der Waals surface area contributed by atoms with Gasteiger partial charge in [-0.2, -0.15) is 0 Å². The third kappa shape index (κ3) is 2.24. The first-order valence-corrected chi connectivity index (χ1v) is 6.85. The fraction of sp³-hybridized carbons (Fsp3) is 0.600. The normalized spacial score (nSPS) is 25.6. The minimum absolute atomic E-state index is 0.284. The van der Waals surface area contributed by atoms with Gasteiger partial charge in [0.1, 0.15) is 0 Å². The van der Waals surface area contributed by atoms with Crippen molar-refractivity contribution in [3.63, 3.8) is 0 Å². The van der Waals surface area contributed by atoms with Crippen LogP contribution in [0.4, 0.5) is 0 Å². The number of nitrogens with one attached hydrogen (secondary N) is 1. The molecule has 17 heavy (non-hydrogen) atoms. The van der Waals surface area contributed by atoms with Crippen LogP contribution in [0.1, 0.15) is 42.1 Å². The molecule has 2 unspecified atom stereocenters. The van der Waals surface area contributed by atoms with E-state index in [9.17, 15) is 5.11 Å². The highest BCUT2D eigenvalue weighted by molar-refractivity contribution is 5.36. The first-order chi connectivity index (χ1) is 8.34. The fourth-order valence-corrected chi connectivity index (χ4v) is 3.20. The predicted molar refractivity (Wildman–Crippen MR) is 69.0 cm³/mol. The number of aliphatic hydroxyl groups is 1. The van der Waals surface area contributed by atoms with Gasteiger partial charge >= 0.3 is 0 Å². The Labute approximate surface area is 103 Å². The third-order valence-corrected chi connectivity index (χ3v) is 4.25. The van der Waals surface area contributed by atoms with Crippen molar-refractivity contribution in [3.8, 4) is 0 Å². The molecule has 2 N–H and O–H groups in total. The van der Waals surface area contributed by atoms with Crippen molar-refractivity contribution in [2.24, 2.45) is 5.92 Å². The van der Waals surface area contributed by atoms with E-state index in [1.807, 2.05) is 0 Å². The van der Waals surface area contributed by atoms with E-state index in [1.165, 1.54) is 36.8 Å². The molecule has 0 amide bonds. The Morgan fingerprint density at radius 3 is 2.88 bits per heavy atom. The maximum Gasteiger partial charge on any atom is 0.0830 e. The van der Waals surface area contributed by atoms with Crippen molar-refractivity contribution in [1.82, 2.24) is 5.32 Å². The summed E-state index contributed by atoms with van der Waals surface area (Å²) >= 11 is 0. The molecule has 92 valence electrons. The Morgan fingerprint density at radius 2 is 2.06 bits per heavy atom. The molecule has 2 heteroatoms. The molecule has 2 nitrogen and oxygen atoms in total. The van der Waals surface area contributed by atoms with Crippen LogP contribution in [0.25, 0.3) is 0 Å². The van der Waals surface area contributed by atoms with Crippen LogP contribution >= 0.6 is 0 Å². The second-order valence-corrected chi connectivity index (χ2v) is 5.43. The van der Waals surface area contributed by atoms with Gasteiger partial charge in [0.05, 0.1) is 6.10 Å². The number of benzene rings is 1. The van der Waals surface area contributed by atoms with E-state index in [2.05, 4.69) is 23.5 Å². The Balaban J connectivity index is 1.78. The number of hydrogen-bond donors (Lipinski definition) is 2. The number of aliphatic hydroxyl groups excluding tert-OH is 1. The molecular formula is C15H21NO. The van der Waals surface area contributed by atoms with Crippen LogP contribution in [-0.2, 0) is 12.8 Å². The lowest BCUT2D eigenvalue weighted by atomic mass is 9.88. The summed E-state index contributed by atoms with van der Waals surface area (Å²) in [7, 11) is 0. The van der Waals surface area contributed by atoms with Crippen molar-refractivity contribution in [2.75, 3.05) is 13.1 Å². The molecule has 0 bridgehead atoms. The Hall–Kier alpha value is -0.860. The van der Waals surface area contributed by atoms with E-state index in [4.69, 9.17) is 0 Å². The summed E-state index contributed by atoms with van der Waals surface area (Å²) in [4.78, 5) is 0. The van der Waals surface area contributed by atoms with Gasteiger partial charge in [-0.3, -0.25) is 0 Å². The third-order valence-electron chi connectivity index (χ3n) is 4.25. The molecule has 0 spiro atoms. The lowest BCUT2D eigenvalue weighted by Crippen LogP contribution is -2.33. The van der Waals surface area contributed by atoms with Gasteiger partial charge < -0.3 is 10.4 Å². The van der Waals surface area contributed by atoms with Crippen LogP contribution in [-0.4, -0.2) is 18.2 Å². The van der Waals surface area contributed by atoms with Crippen molar-refractivity contribution in [2.45, 2.75) is 38.2 Å². The van der Waals surface area contributed by atoms with Gasteiger partial charge in [-0.15, -0.1) is 0 Å². The number of aryl methyl sites for hydroxylation is 2. The molecule has 1 saturated heterocycles. The second kappa shape index (κ2) is 4.79. The van der Waals surface area contributed by atoms with Gasteiger partial charge in [0.2, 0.25) is 0 Å². The summed E-state index contributed by atoms with van der Waals surface area (Å²) in [5.41, 5.74) is 4.08.